The van der Waals surface area contributed by atoms with Gasteiger partial charge in [-0.2, -0.15) is 0 Å². The van der Waals surface area contributed by atoms with Gasteiger partial charge in [0.2, 0.25) is 17.7 Å². The molecule has 172 valence electrons. The van der Waals surface area contributed by atoms with Gasteiger partial charge >= 0.3 is 11.9 Å². The van der Waals surface area contributed by atoms with Crippen LogP contribution < -0.4 is 21.7 Å². The van der Waals surface area contributed by atoms with Crippen molar-refractivity contribution in [2.24, 2.45) is 17.6 Å². The van der Waals surface area contributed by atoms with E-state index in [4.69, 9.17) is 15.9 Å². The summed E-state index contributed by atoms with van der Waals surface area (Å²) in [6.45, 7) is 5.96. The molecule has 0 heterocycles. The Balaban J connectivity index is 5.26. The standard InChI is InChI=1S/C18H32N4O8/c1-8(2)5-10(19)15(26)21-12(7-23)17(28)20-11(6-13(24)25)16(27)22-14(9(3)4)18(29)30/h8-12,14,23H,5-7,19H2,1-4H3,(H,20,28)(H,21,26)(H,22,27)(H,24,25)(H,29,30). The van der Waals surface area contributed by atoms with Crippen molar-refractivity contribution >= 4 is 29.7 Å². The molecule has 0 aromatic carbocycles. The summed E-state index contributed by atoms with van der Waals surface area (Å²) >= 11 is 0. The summed E-state index contributed by atoms with van der Waals surface area (Å²) in [5, 5.41) is 34.2. The highest BCUT2D eigenvalue weighted by atomic mass is 16.4. The molecule has 0 aliphatic heterocycles. The van der Waals surface area contributed by atoms with Crippen LogP contribution in [0.2, 0.25) is 0 Å². The van der Waals surface area contributed by atoms with Crippen LogP contribution in [0.15, 0.2) is 0 Å². The van der Waals surface area contributed by atoms with Crippen molar-refractivity contribution in [3.63, 3.8) is 0 Å². The van der Waals surface area contributed by atoms with Crippen molar-refractivity contribution in [1.29, 1.82) is 0 Å². The molecule has 0 aromatic rings. The lowest BCUT2D eigenvalue weighted by Crippen LogP contribution is -2.58. The van der Waals surface area contributed by atoms with Gasteiger partial charge in [0.05, 0.1) is 19.1 Å². The van der Waals surface area contributed by atoms with Crippen LogP contribution in [-0.2, 0) is 24.0 Å². The summed E-state index contributed by atoms with van der Waals surface area (Å²) < 4.78 is 0. The molecule has 0 rings (SSSR count). The van der Waals surface area contributed by atoms with Gasteiger partial charge in [-0.15, -0.1) is 0 Å². The number of carbonyl (C=O) groups excluding carboxylic acids is 3. The third kappa shape index (κ3) is 9.65. The lowest BCUT2D eigenvalue weighted by Gasteiger charge is -2.24. The van der Waals surface area contributed by atoms with Crippen molar-refractivity contribution < 1.29 is 39.3 Å². The van der Waals surface area contributed by atoms with Crippen molar-refractivity contribution in [3.05, 3.63) is 0 Å². The summed E-state index contributed by atoms with van der Waals surface area (Å²) in [5.41, 5.74) is 5.73. The van der Waals surface area contributed by atoms with Crippen LogP contribution in [0.5, 0.6) is 0 Å². The van der Waals surface area contributed by atoms with Crippen molar-refractivity contribution in [2.45, 2.75) is 64.7 Å². The lowest BCUT2D eigenvalue weighted by molar-refractivity contribution is -0.144. The number of carboxylic acids is 2. The second-order valence-corrected chi connectivity index (χ2v) is 7.71. The number of amides is 3. The Kier molecular flexibility index (Phi) is 11.6. The van der Waals surface area contributed by atoms with Gasteiger partial charge in [-0.1, -0.05) is 27.7 Å². The van der Waals surface area contributed by atoms with Crippen LogP contribution in [0.1, 0.15) is 40.5 Å². The van der Waals surface area contributed by atoms with Gasteiger partial charge in [0, 0.05) is 0 Å². The van der Waals surface area contributed by atoms with Gasteiger partial charge in [0.25, 0.3) is 0 Å². The van der Waals surface area contributed by atoms with Crippen LogP contribution in [0, 0.1) is 11.8 Å². The Labute approximate surface area is 174 Å². The van der Waals surface area contributed by atoms with Gasteiger partial charge in [-0.3, -0.25) is 19.2 Å². The maximum Gasteiger partial charge on any atom is 0.326 e. The van der Waals surface area contributed by atoms with Crippen LogP contribution in [0.4, 0.5) is 0 Å². The molecule has 0 aliphatic carbocycles. The summed E-state index contributed by atoms with van der Waals surface area (Å²) in [4.78, 5) is 59.2. The smallest absolute Gasteiger partial charge is 0.326 e. The lowest BCUT2D eigenvalue weighted by atomic mass is 10.0. The molecule has 4 atom stereocenters. The average molecular weight is 432 g/mol. The molecule has 0 radical (unpaired) electrons. The Bertz CT molecular complexity index is 638. The monoisotopic (exact) mass is 432 g/mol. The molecule has 4 unspecified atom stereocenters. The molecule has 0 spiro atoms. The van der Waals surface area contributed by atoms with Gasteiger partial charge in [0.15, 0.2) is 0 Å². The number of nitrogens with two attached hydrogens (primary N) is 1. The number of aliphatic hydroxyl groups is 1. The highest BCUT2D eigenvalue weighted by Crippen LogP contribution is 2.05. The molecular weight excluding hydrogens is 400 g/mol. The molecule has 0 fully saturated rings. The van der Waals surface area contributed by atoms with Gasteiger partial charge in [-0.25, -0.2) is 4.79 Å². The van der Waals surface area contributed by atoms with E-state index < -0.39 is 72.8 Å². The normalized spacial score (nSPS) is 15.1. The first-order valence-corrected chi connectivity index (χ1v) is 9.52. The van der Waals surface area contributed by atoms with E-state index in [1.165, 1.54) is 0 Å². The minimum absolute atomic E-state index is 0.110. The minimum Gasteiger partial charge on any atom is -0.481 e. The molecule has 0 bridgehead atoms. The van der Waals surface area contributed by atoms with Crippen LogP contribution in [0.3, 0.4) is 0 Å². The second-order valence-electron chi connectivity index (χ2n) is 7.71. The van der Waals surface area contributed by atoms with Crippen LogP contribution >= 0.6 is 0 Å². The first kappa shape index (κ1) is 27.3. The molecule has 0 aliphatic rings. The van der Waals surface area contributed by atoms with E-state index in [-0.39, 0.29) is 5.92 Å². The Hall–Kier alpha value is -2.73. The molecule has 0 saturated heterocycles. The first-order valence-electron chi connectivity index (χ1n) is 9.52. The van der Waals surface area contributed by atoms with E-state index in [0.29, 0.717) is 6.42 Å². The molecule has 30 heavy (non-hydrogen) atoms. The molecule has 12 heteroatoms. The molecule has 0 saturated carbocycles. The van der Waals surface area contributed by atoms with Crippen LogP contribution in [-0.4, -0.2) is 75.8 Å². The summed E-state index contributed by atoms with van der Waals surface area (Å²) in [7, 11) is 0. The Morgan fingerprint density at radius 1 is 0.833 bits per heavy atom. The third-order valence-electron chi connectivity index (χ3n) is 4.12. The fraction of sp³-hybridized carbons (Fsp3) is 0.722. The fourth-order valence-corrected chi connectivity index (χ4v) is 2.51. The molecule has 3 amide bonds. The maximum absolute atomic E-state index is 12.4. The zero-order valence-electron chi connectivity index (χ0n) is 17.5. The van der Waals surface area contributed by atoms with E-state index in [2.05, 4.69) is 16.0 Å². The van der Waals surface area contributed by atoms with Gasteiger partial charge < -0.3 is 37.0 Å². The summed E-state index contributed by atoms with van der Waals surface area (Å²) in [5.74, 6) is -5.86. The summed E-state index contributed by atoms with van der Waals surface area (Å²) in [6.07, 6.45) is -0.498. The van der Waals surface area contributed by atoms with E-state index >= 15 is 0 Å². The van der Waals surface area contributed by atoms with E-state index in [9.17, 15) is 29.1 Å². The van der Waals surface area contributed by atoms with E-state index in [1.54, 1.807) is 13.8 Å². The third-order valence-corrected chi connectivity index (χ3v) is 4.12. The molecule has 0 aromatic heterocycles. The van der Waals surface area contributed by atoms with Gasteiger partial charge in [0.1, 0.15) is 18.1 Å². The zero-order valence-corrected chi connectivity index (χ0v) is 17.5. The van der Waals surface area contributed by atoms with E-state index in [0.717, 1.165) is 0 Å². The Morgan fingerprint density at radius 2 is 1.33 bits per heavy atom. The number of carbonyl (C=O) groups is 5. The number of hydrogen-bond donors (Lipinski definition) is 7. The topological polar surface area (TPSA) is 208 Å². The van der Waals surface area contributed by atoms with Crippen molar-refractivity contribution in [1.82, 2.24) is 16.0 Å². The molecule has 12 nitrogen and oxygen atoms in total. The van der Waals surface area contributed by atoms with E-state index in [1.807, 2.05) is 13.8 Å². The minimum atomic E-state index is -1.62. The highest BCUT2D eigenvalue weighted by Gasteiger charge is 2.32. The highest BCUT2D eigenvalue weighted by molar-refractivity contribution is 5.95. The predicted molar refractivity (Wildman–Crippen MR) is 105 cm³/mol. The average Bonchev–Trinajstić information content (AvgIpc) is 2.61. The number of hydrogen-bond acceptors (Lipinski definition) is 7. The zero-order chi connectivity index (χ0) is 23.6. The predicted octanol–water partition coefficient (Wildman–Crippen LogP) is -1.98. The molecular formula is C18H32N4O8. The Morgan fingerprint density at radius 3 is 1.73 bits per heavy atom. The quantitative estimate of drug-likeness (QED) is 0.172. The second kappa shape index (κ2) is 12.8. The number of carboxylic acid groups (broad SMARTS) is 2. The molecule has 8 N–H and O–H groups in total. The first-order chi connectivity index (χ1) is 13.8. The number of nitrogens with one attached hydrogen (secondary N) is 3. The summed E-state index contributed by atoms with van der Waals surface area (Å²) in [6, 6.07) is -5.31. The maximum atomic E-state index is 12.4. The fourth-order valence-electron chi connectivity index (χ4n) is 2.51. The number of aliphatic carboxylic acids is 2. The van der Waals surface area contributed by atoms with Crippen molar-refractivity contribution in [2.75, 3.05) is 6.61 Å². The largest absolute Gasteiger partial charge is 0.481 e. The number of rotatable bonds is 13. The number of aliphatic hydroxyl groups excluding tert-OH is 1. The van der Waals surface area contributed by atoms with Gasteiger partial charge in [-0.05, 0) is 18.3 Å². The van der Waals surface area contributed by atoms with Crippen molar-refractivity contribution in [3.8, 4) is 0 Å². The SMILES string of the molecule is CC(C)CC(N)C(=O)NC(CO)C(=O)NC(CC(=O)O)C(=O)NC(C(=O)O)C(C)C. The van der Waals surface area contributed by atoms with Crippen LogP contribution in [0.25, 0.3) is 0 Å².